The molecule has 124 valence electrons. The van der Waals surface area contributed by atoms with Crippen molar-refractivity contribution in [2.24, 2.45) is 0 Å². The highest BCUT2D eigenvalue weighted by atomic mass is 16.3. The van der Waals surface area contributed by atoms with Crippen LogP contribution in [0.15, 0.2) is 12.4 Å². The molecular formula is C16H29N5O. The molecule has 1 atom stereocenters. The van der Waals surface area contributed by atoms with E-state index in [1.54, 1.807) is 6.33 Å². The number of likely N-dealkylation sites (N-methyl/N-ethyl adjacent to an activating group) is 1. The zero-order valence-corrected chi connectivity index (χ0v) is 14.0. The van der Waals surface area contributed by atoms with E-state index in [9.17, 15) is 5.11 Å². The maximum absolute atomic E-state index is 9.54. The van der Waals surface area contributed by atoms with Gasteiger partial charge in [-0.3, -0.25) is 0 Å². The zero-order chi connectivity index (χ0) is 15.9. The average Bonchev–Trinajstić information content (AvgIpc) is 2.55. The van der Waals surface area contributed by atoms with E-state index >= 15 is 0 Å². The Bertz CT molecular complexity index is 454. The van der Waals surface area contributed by atoms with Crippen molar-refractivity contribution in [3.63, 3.8) is 0 Å². The van der Waals surface area contributed by atoms with Gasteiger partial charge in [0.2, 0.25) is 0 Å². The van der Waals surface area contributed by atoms with Gasteiger partial charge in [0.05, 0.1) is 12.6 Å². The van der Waals surface area contributed by atoms with Crippen molar-refractivity contribution in [2.75, 3.05) is 43.5 Å². The number of hydrogen-bond donors (Lipinski definition) is 2. The largest absolute Gasteiger partial charge is 0.394 e. The van der Waals surface area contributed by atoms with Gasteiger partial charge < -0.3 is 20.2 Å². The summed E-state index contributed by atoms with van der Waals surface area (Å²) >= 11 is 0. The molecule has 1 aliphatic heterocycles. The van der Waals surface area contributed by atoms with E-state index in [0.717, 1.165) is 44.1 Å². The first-order valence-electron chi connectivity index (χ1n) is 8.25. The smallest absolute Gasteiger partial charge is 0.134 e. The number of nitrogens with zero attached hydrogens (tertiary/aromatic N) is 4. The Labute approximate surface area is 133 Å². The second-order valence-corrected chi connectivity index (χ2v) is 6.29. The van der Waals surface area contributed by atoms with Gasteiger partial charge in [-0.05, 0) is 40.2 Å². The van der Waals surface area contributed by atoms with Gasteiger partial charge in [-0.1, -0.05) is 0 Å². The number of anilines is 2. The van der Waals surface area contributed by atoms with Gasteiger partial charge in [0.1, 0.15) is 18.0 Å². The van der Waals surface area contributed by atoms with Crippen LogP contribution in [0.4, 0.5) is 11.6 Å². The van der Waals surface area contributed by atoms with Crippen LogP contribution in [0.1, 0.15) is 33.1 Å². The molecule has 1 aromatic rings. The lowest BCUT2D eigenvalue weighted by molar-refractivity contribution is 0.239. The minimum absolute atomic E-state index is 0.184. The molecule has 0 amide bonds. The molecule has 0 saturated carbocycles. The van der Waals surface area contributed by atoms with Gasteiger partial charge in [0.15, 0.2) is 0 Å². The Balaban J connectivity index is 1.94. The van der Waals surface area contributed by atoms with Crippen molar-refractivity contribution in [3.8, 4) is 0 Å². The summed E-state index contributed by atoms with van der Waals surface area (Å²) in [4.78, 5) is 13.2. The molecule has 6 nitrogen and oxygen atoms in total. The molecule has 6 heteroatoms. The predicted molar refractivity (Wildman–Crippen MR) is 90.4 cm³/mol. The lowest BCUT2D eigenvalue weighted by atomic mass is 10.0. The van der Waals surface area contributed by atoms with Gasteiger partial charge in [0, 0.05) is 31.7 Å². The summed E-state index contributed by atoms with van der Waals surface area (Å²) in [7, 11) is 2.12. The zero-order valence-electron chi connectivity index (χ0n) is 14.0. The fourth-order valence-electron chi connectivity index (χ4n) is 2.71. The molecular weight excluding hydrogens is 278 g/mol. The summed E-state index contributed by atoms with van der Waals surface area (Å²) in [5.74, 6) is 1.76. The Morgan fingerprint density at radius 2 is 2.23 bits per heavy atom. The normalized spacial score (nSPS) is 19.0. The van der Waals surface area contributed by atoms with Crippen molar-refractivity contribution in [2.45, 2.75) is 45.2 Å². The third kappa shape index (κ3) is 4.55. The molecule has 0 aromatic carbocycles. The molecule has 1 aromatic heterocycles. The molecule has 22 heavy (non-hydrogen) atoms. The summed E-state index contributed by atoms with van der Waals surface area (Å²) in [6, 6.07) is 2.72. The number of piperidine rings is 1. The van der Waals surface area contributed by atoms with Crippen LogP contribution in [-0.2, 0) is 0 Å². The molecule has 1 fully saturated rings. The van der Waals surface area contributed by atoms with E-state index in [2.05, 4.69) is 46.0 Å². The summed E-state index contributed by atoms with van der Waals surface area (Å²) in [5, 5.41) is 12.9. The number of aliphatic hydroxyl groups excluding tert-OH is 1. The van der Waals surface area contributed by atoms with Crippen LogP contribution in [-0.4, -0.2) is 65.3 Å². The van der Waals surface area contributed by atoms with Crippen molar-refractivity contribution >= 4 is 11.6 Å². The molecule has 0 spiro atoms. The highest BCUT2D eigenvalue weighted by Crippen LogP contribution is 2.23. The maximum atomic E-state index is 9.54. The number of rotatable bonds is 7. The number of aromatic nitrogens is 2. The van der Waals surface area contributed by atoms with Crippen LogP contribution in [0, 0.1) is 0 Å². The first kappa shape index (κ1) is 17.0. The van der Waals surface area contributed by atoms with Crippen molar-refractivity contribution < 1.29 is 5.11 Å². The minimum atomic E-state index is 0.184. The highest BCUT2D eigenvalue weighted by molar-refractivity contribution is 5.49. The van der Waals surface area contributed by atoms with Crippen LogP contribution in [0.2, 0.25) is 0 Å². The first-order chi connectivity index (χ1) is 10.6. The van der Waals surface area contributed by atoms with E-state index in [1.165, 1.54) is 6.42 Å². The number of nitrogens with one attached hydrogen (secondary N) is 1. The lowest BCUT2D eigenvalue weighted by Crippen LogP contribution is -2.42. The molecule has 2 heterocycles. The van der Waals surface area contributed by atoms with E-state index in [0.29, 0.717) is 6.04 Å². The van der Waals surface area contributed by atoms with Crippen molar-refractivity contribution in [1.82, 2.24) is 14.9 Å². The van der Waals surface area contributed by atoms with Crippen molar-refractivity contribution in [1.29, 1.82) is 0 Å². The summed E-state index contributed by atoms with van der Waals surface area (Å²) < 4.78 is 0. The number of aliphatic hydroxyl groups is 1. The molecule has 0 aliphatic carbocycles. The molecule has 0 bridgehead atoms. The van der Waals surface area contributed by atoms with E-state index in [4.69, 9.17) is 0 Å². The van der Waals surface area contributed by atoms with Gasteiger partial charge in [-0.25, -0.2) is 9.97 Å². The molecule has 2 rings (SSSR count). The van der Waals surface area contributed by atoms with Crippen LogP contribution in [0.5, 0.6) is 0 Å². The quantitative estimate of drug-likeness (QED) is 0.797. The Hall–Kier alpha value is -1.40. The topological polar surface area (TPSA) is 64.5 Å². The van der Waals surface area contributed by atoms with E-state index < -0.39 is 0 Å². The third-order valence-electron chi connectivity index (χ3n) is 4.44. The SMILES string of the molecule is CC(C)N(C)CCNc1cc(N2CCCCC2CO)ncn1. The van der Waals surface area contributed by atoms with Gasteiger partial charge in [-0.15, -0.1) is 0 Å². The maximum Gasteiger partial charge on any atom is 0.134 e. The predicted octanol–water partition coefficient (Wildman–Crippen LogP) is 1.58. The summed E-state index contributed by atoms with van der Waals surface area (Å²) in [6.45, 7) is 7.35. The number of hydrogen-bond acceptors (Lipinski definition) is 6. The molecule has 1 saturated heterocycles. The molecule has 0 radical (unpaired) electrons. The minimum Gasteiger partial charge on any atom is -0.394 e. The monoisotopic (exact) mass is 307 g/mol. The average molecular weight is 307 g/mol. The third-order valence-corrected chi connectivity index (χ3v) is 4.44. The second-order valence-electron chi connectivity index (χ2n) is 6.29. The molecule has 1 aliphatic rings. The highest BCUT2D eigenvalue weighted by Gasteiger charge is 2.23. The fraction of sp³-hybridized carbons (Fsp3) is 0.750. The first-order valence-corrected chi connectivity index (χ1v) is 8.25. The van der Waals surface area contributed by atoms with E-state index in [1.807, 2.05) is 6.07 Å². The summed E-state index contributed by atoms with van der Waals surface area (Å²) in [5.41, 5.74) is 0. The fourth-order valence-corrected chi connectivity index (χ4v) is 2.71. The molecule has 1 unspecified atom stereocenters. The molecule has 2 N–H and O–H groups in total. The Morgan fingerprint density at radius 3 is 2.95 bits per heavy atom. The van der Waals surface area contributed by atoms with Gasteiger partial charge >= 0.3 is 0 Å². The lowest BCUT2D eigenvalue weighted by Gasteiger charge is -2.35. The van der Waals surface area contributed by atoms with Crippen molar-refractivity contribution in [3.05, 3.63) is 12.4 Å². The standard InChI is InChI=1S/C16H29N5O/c1-13(2)20(3)9-7-17-15-10-16(19-12-18-15)21-8-5-4-6-14(21)11-22/h10,12-14,22H,4-9,11H2,1-3H3,(H,17,18,19). The van der Waals surface area contributed by atoms with Crippen LogP contribution >= 0.6 is 0 Å². The van der Waals surface area contributed by atoms with Gasteiger partial charge in [-0.2, -0.15) is 0 Å². The van der Waals surface area contributed by atoms with E-state index in [-0.39, 0.29) is 12.6 Å². The van der Waals surface area contributed by atoms with Crippen LogP contribution < -0.4 is 10.2 Å². The summed E-state index contributed by atoms with van der Waals surface area (Å²) in [6.07, 6.45) is 4.97. The Morgan fingerprint density at radius 1 is 1.41 bits per heavy atom. The second kappa shape index (κ2) is 8.29. The van der Waals surface area contributed by atoms with Crippen LogP contribution in [0.3, 0.4) is 0 Å². The Kier molecular flexibility index (Phi) is 6.39. The van der Waals surface area contributed by atoms with Crippen LogP contribution in [0.25, 0.3) is 0 Å². The van der Waals surface area contributed by atoms with Gasteiger partial charge in [0.25, 0.3) is 0 Å².